The molecule has 0 unspecified atom stereocenters. The highest BCUT2D eigenvalue weighted by molar-refractivity contribution is 6.00. The summed E-state index contributed by atoms with van der Waals surface area (Å²) in [6.07, 6.45) is 10.7. The molecule has 43 heavy (non-hydrogen) atoms. The van der Waals surface area contributed by atoms with E-state index in [0.29, 0.717) is 23.4 Å². The molecule has 5 aromatic rings. The number of hydrogen-bond acceptors (Lipinski definition) is 7. The molecule has 0 bridgehead atoms. The molecule has 224 valence electrons. The zero-order valence-corrected chi connectivity index (χ0v) is 26.1. The Balaban J connectivity index is 1.43. The minimum Gasteiger partial charge on any atom is -0.494 e. The first-order chi connectivity index (χ1) is 20.7. The molecule has 0 saturated carbocycles. The van der Waals surface area contributed by atoms with Crippen molar-refractivity contribution in [1.29, 1.82) is 0 Å². The van der Waals surface area contributed by atoms with Gasteiger partial charge in [0, 0.05) is 85.7 Å². The van der Waals surface area contributed by atoms with Gasteiger partial charge in [0.25, 0.3) is 0 Å². The molecule has 0 fully saturated rings. The summed E-state index contributed by atoms with van der Waals surface area (Å²) in [5.74, 6) is 1.16. The van der Waals surface area contributed by atoms with Crippen LogP contribution in [0.4, 0.5) is 23.0 Å². The Bertz CT molecular complexity index is 1770. The number of benzene rings is 2. The lowest BCUT2D eigenvalue weighted by Crippen LogP contribution is -2.29. The van der Waals surface area contributed by atoms with E-state index in [9.17, 15) is 0 Å². The number of anilines is 4. The van der Waals surface area contributed by atoms with Gasteiger partial charge in [-0.1, -0.05) is 18.2 Å². The van der Waals surface area contributed by atoms with Gasteiger partial charge in [-0.2, -0.15) is 0 Å². The fraction of sp³-hybridized carbons (Fsp3) is 0.353. The minimum atomic E-state index is 0.362. The van der Waals surface area contributed by atoms with E-state index in [-0.39, 0.29) is 0 Å². The highest BCUT2D eigenvalue weighted by Crippen LogP contribution is 2.41. The Morgan fingerprint density at radius 1 is 1.07 bits per heavy atom. The maximum absolute atomic E-state index is 6.56. The molecule has 3 N–H and O–H groups in total. The van der Waals surface area contributed by atoms with Gasteiger partial charge < -0.3 is 34.7 Å². The van der Waals surface area contributed by atoms with Crippen LogP contribution in [0.3, 0.4) is 0 Å². The van der Waals surface area contributed by atoms with Gasteiger partial charge in [-0.25, -0.2) is 9.97 Å². The maximum atomic E-state index is 6.56. The van der Waals surface area contributed by atoms with Gasteiger partial charge in [0.2, 0.25) is 5.95 Å². The number of nitrogens with zero attached hydrogens (tertiary/aromatic N) is 6. The van der Waals surface area contributed by atoms with Crippen LogP contribution in [-0.2, 0) is 13.0 Å². The molecule has 1 aliphatic heterocycles. The van der Waals surface area contributed by atoms with Gasteiger partial charge in [-0.15, -0.1) is 0 Å². The van der Waals surface area contributed by atoms with Gasteiger partial charge in [0.1, 0.15) is 5.75 Å². The number of aromatic nitrogens is 4. The summed E-state index contributed by atoms with van der Waals surface area (Å²) in [5.41, 5.74) is 15.7. The molecule has 6 rings (SSSR count). The molecule has 9 heteroatoms. The first-order valence-electron chi connectivity index (χ1n) is 15.0. The maximum Gasteiger partial charge on any atom is 0.227 e. The topological polar surface area (TPSA) is 89.4 Å². The normalized spacial score (nSPS) is 12.8. The molecule has 0 atom stereocenters. The molecule has 1 aliphatic rings. The van der Waals surface area contributed by atoms with Gasteiger partial charge in [-0.3, -0.25) is 0 Å². The zero-order valence-electron chi connectivity index (χ0n) is 26.1. The molecular weight excluding hydrogens is 536 g/mol. The number of aryl methyl sites for hydroxylation is 2. The molecule has 4 heterocycles. The Morgan fingerprint density at radius 2 is 1.91 bits per heavy atom. The number of nitrogens with two attached hydrogens (primary N) is 1. The van der Waals surface area contributed by atoms with Crippen LogP contribution in [-0.4, -0.2) is 65.3 Å². The highest BCUT2D eigenvalue weighted by Gasteiger charge is 2.22. The first kappa shape index (κ1) is 28.6. The van der Waals surface area contributed by atoms with E-state index in [1.54, 1.807) is 7.11 Å². The van der Waals surface area contributed by atoms with Crippen molar-refractivity contribution in [3.05, 3.63) is 66.7 Å². The Kier molecular flexibility index (Phi) is 7.75. The summed E-state index contributed by atoms with van der Waals surface area (Å²) in [4.78, 5) is 14.3. The van der Waals surface area contributed by atoms with Crippen molar-refractivity contribution < 1.29 is 4.74 Å². The molecule has 0 saturated heterocycles. The monoisotopic (exact) mass is 578 g/mol. The largest absolute Gasteiger partial charge is 0.494 e. The third kappa shape index (κ3) is 5.52. The second-order valence-corrected chi connectivity index (χ2v) is 12.0. The number of para-hydroxylation sites is 1. The van der Waals surface area contributed by atoms with Crippen molar-refractivity contribution in [3.63, 3.8) is 0 Å². The SMILES string of the molecule is COc1cc(N(C)CCN(C)C)c(N)cc1Nc1ncc(-c2ccn(C(C)C)c2)c(-c2cn3c4c(cccc24)CCC3)n1. The minimum absolute atomic E-state index is 0.362. The highest BCUT2D eigenvalue weighted by atomic mass is 16.5. The second-order valence-electron chi connectivity index (χ2n) is 12.0. The summed E-state index contributed by atoms with van der Waals surface area (Å²) in [6, 6.07) is 13.0. The second kappa shape index (κ2) is 11.6. The van der Waals surface area contributed by atoms with E-state index < -0.39 is 0 Å². The summed E-state index contributed by atoms with van der Waals surface area (Å²) in [6.45, 7) is 7.13. The Morgan fingerprint density at radius 3 is 2.65 bits per heavy atom. The van der Waals surface area contributed by atoms with Gasteiger partial charge in [0.15, 0.2) is 0 Å². The average molecular weight is 579 g/mol. The Hall–Kier alpha value is -4.50. The molecule has 0 radical (unpaired) electrons. The lowest BCUT2D eigenvalue weighted by Gasteiger charge is -2.24. The van der Waals surface area contributed by atoms with Crippen LogP contribution in [0, 0.1) is 0 Å². The van der Waals surface area contributed by atoms with E-state index in [0.717, 1.165) is 66.2 Å². The third-order valence-electron chi connectivity index (χ3n) is 8.38. The lowest BCUT2D eigenvalue weighted by atomic mass is 9.99. The summed E-state index contributed by atoms with van der Waals surface area (Å²) < 4.78 is 10.4. The zero-order chi connectivity index (χ0) is 30.2. The van der Waals surface area contributed by atoms with Crippen LogP contribution in [0.1, 0.15) is 31.9 Å². The number of nitrogens with one attached hydrogen (secondary N) is 1. The number of nitrogen functional groups attached to an aromatic ring is 1. The quantitative estimate of drug-likeness (QED) is 0.185. The van der Waals surface area contributed by atoms with Gasteiger partial charge in [-0.05, 0) is 58.5 Å². The van der Waals surface area contributed by atoms with E-state index in [1.165, 1.54) is 16.5 Å². The predicted octanol–water partition coefficient (Wildman–Crippen LogP) is 6.43. The van der Waals surface area contributed by atoms with Crippen LogP contribution in [0.2, 0.25) is 0 Å². The molecule has 0 amide bonds. The van der Waals surface area contributed by atoms with Gasteiger partial charge in [0.05, 0.1) is 35.4 Å². The van der Waals surface area contributed by atoms with Crippen molar-refractivity contribution in [1.82, 2.24) is 24.0 Å². The number of likely N-dealkylation sites (N-methyl/N-ethyl adjacent to an activating group) is 2. The smallest absolute Gasteiger partial charge is 0.227 e. The number of rotatable bonds is 10. The van der Waals surface area contributed by atoms with Crippen molar-refractivity contribution in [2.24, 2.45) is 0 Å². The molecular formula is C34H42N8O. The summed E-state index contributed by atoms with van der Waals surface area (Å²) in [7, 11) is 7.84. The van der Waals surface area contributed by atoms with Crippen LogP contribution in [0.5, 0.6) is 5.75 Å². The number of ether oxygens (including phenoxy) is 1. The van der Waals surface area contributed by atoms with E-state index in [2.05, 4.69) is 95.0 Å². The number of hydrogen-bond donors (Lipinski definition) is 2. The van der Waals surface area contributed by atoms with E-state index in [4.69, 9.17) is 20.4 Å². The van der Waals surface area contributed by atoms with Crippen LogP contribution >= 0.6 is 0 Å². The lowest BCUT2D eigenvalue weighted by molar-refractivity contribution is 0.413. The standard InChI is InChI=1S/C34H42N8O/c1-22(2)41-14-12-24(20-41)26-19-36-34(37-29-17-28(35)30(18-31(29)43-6)40(5)16-15-39(3)4)38-32(26)27-21-42-13-8-10-23-9-7-11-25(27)33(23)42/h7,9,11-12,14,17-22H,8,10,13,15-16,35H2,1-6H3,(H,36,37,38). The van der Waals surface area contributed by atoms with Crippen molar-refractivity contribution in [2.45, 2.75) is 39.3 Å². The molecule has 3 aromatic heterocycles. The number of methoxy groups -OCH3 is 1. The fourth-order valence-electron chi connectivity index (χ4n) is 5.97. The van der Waals surface area contributed by atoms with Crippen molar-refractivity contribution in [2.75, 3.05) is 57.3 Å². The molecule has 2 aromatic carbocycles. The predicted molar refractivity (Wildman–Crippen MR) is 178 cm³/mol. The van der Waals surface area contributed by atoms with Crippen LogP contribution in [0.25, 0.3) is 33.3 Å². The van der Waals surface area contributed by atoms with Crippen LogP contribution < -0.4 is 20.7 Å². The van der Waals surface area contributed by atoms with E-state index >= 15 is 0 Å². The Labute approximate surface area is 253 Å². The summed E-state index contributed by atoms with van der Waals surface area (Å²) >= 11 is 0. The molecule has 9 nitrogen and oxygen atoms in total. The van der Waals surface area contributed by atoms with Crippen molar-refractivity contribution in [3.8, 4) is 28.1 Å². The van der Waals surface area contributed by atoms with Gasteiger partial charge >= 0.3 is 0 Å². The molecule has 0 spiro atoms. The van der Waals surface area contributed by atoms with E-state index in [1.807, 2.05) is 25.4 Å². The first-order valence-corrected chi connectivity index (χ1v) is 15.0. The van der Waals surface area contributed by atoms with Crippen LogP contribution in [0.15, 0.2) is 61.2 Å². The average Bonchev–Trinajstić information content (AvgIpc) is 3.63. The third-order valence-corrected chi connectivity index (χ3v) is 8.38. The summed E-state index contributed by atoms with van der Waals surface area (Å²) in [5, 5.41) is 4.64. The molecule has 0 aliphatic carbocycles. The van der Waals surface area contributed by atoms with Crippen molar-refractivity contribution >= 4 is 33.9 Å². The fourth-order valence-corrected chi connectivity index (χ4v) is 5.97.